The first-order valence-electron chi connectivity index (χ1n) is 6.22. The Hall–Kier alpha value is -1.65. The monoisotopic (exact) mass is 243 g/mol. The molecular formula is C14H17N3O. The molecule has 1 unspecified atom stereocenters. The zero-order valence-electron chi connectivity index (χ0n) is 10.4. The molecule has 94 valence electrons. The standard InChI is InChI=1S/C14H17N3O/c1-18-13-9-15-8-12(13)17-14-7-6-10-4-2-3-5-11(10)16-14/h2-7,12-13,15H,8-9H2,1H3,(H,16,17)/t12?,13-/m0/s1. The summed E-state index contributed by atoms with van der Waals surface area (Å²) in [5.74, 6) is 0.907. The number of methoxy groups -OCH3 is 1. The Bertz CT molecular complexity index is 543. The number of anilines is 1. The van der Waals surface area contributed by atoms with Crippen LogP contribution in [-0.4, -0.2) is 37.3 Å². The van der Waals surface area contributed by atoms with E-state index in [1.165, 1.54) is 0 Å². The molecule has 4 heteroatoms. The van der Waals surface area contributed by atoms with Gasteiger partial charge in [-0.05, 0) is 18.2 Å². The first-order valence-corrected chi connectivity index (χ1v) is 6.22. The number of rotatable bonds is 3. The van der Waals surface area contributed by atoms with Gasteiger partial charge in [-0.3, -0.25) is 0 Å². The van der Waals surface area contributed by atoms with E-state index in [0.717, 1.165) is 29.8 Å². The maximum atomic E-state index is 5.43. The lowest BCUT2D eigenvalue weighted by atomic mass is 10.2. The molecule has 0 bridgehead atoms. The highest BCUT2D eigenvalue weighted by molar-refractivity contribution is 5.80. The third-order valence-electron chi connectivity index (χ3n) is 3.39. The molecule has 0 radical (unpaired) electrons. The lowest BCUT2D eigenvalue weighted by Gasteiger charge is -2.19. The van der Waals surface area contributed by atoms with Crippen molar-refractivity contribution in [3.8, 4) is 0 Å². The molecule has 0 saturated carbocycles. The third-order valence-corrected chi connectivity index (χ3v) is 3.39. The van der Waals surface area contributed by atoms with Crippen molar-refractivity contribution in [1.29, 1.82) is 0 Å². The first kappa shape index (κ1) is 11.4. The van der Waals surface area contributed by atoms with Gasteiger partial charge in [0.15, 0.2) is 0 Å². The van der Waals surface area contributed by atoms with Crippen molar-refractivity contribution in [3.05, 3.63) is 36.4 Å². The van der Waals surface area contributed by atoms with E-state index in [0.29, 0.717) is 0 Å². The number of nitrogens with one attached hydrogen (secondary N) is 2. The van der Waals surface area contributed by atoms with Gasteiger partial charge in [0.05, 0.1) is 17.7 Å². The quantitative estimate of drug-likeness (QED) is 0.860. The van der Waals surface area contributed by atoms with Crippen LogP contribution >= 0.6 is 0 Å². The van der Waals surface area contributed by atoms with Crippen molar-refractivity contribution < 1.29 is 4.74 Å². The predicted octanol–water partition coefficient (Wildman–Crippen LogP) is 1.63. The summed E-state index contributed by atoms with van der Waals surface area (Å²) in [5.41, 5.74) is 1.02. The third kappa shape index (κ3) is 2.17. The Morgan fingerprint density at radius 2 is 2.11 bits per heavy atom. The molecule has 0 spiro atoms. The number of nitrogens with zero attached hydrogens (tertiary/aromatic N) is 1. The van der Waals surface area contributed by atoms with Gasteiger partial charge in [0.1, 0.15) is 5.82 Å². The number of aromatic nitrogens is 1. The number of fused-ring (bicyclic) bond motifs is 1. The Morgan fingerprint density at radius 3 is 3.00 bits per heavy atom. The van der Waals surface area contributed by atoms with Crippen LogP contribution in [0.4, 0.5) is 5.82 Å². The highest BCUT2D eigenvalue weighted by Gasteiger charge is 2.26. The second kappa shape index (κ2) is 4.92. The highest BCUT2D eigenvalue weighted by atomic mass is 16.5. The van der Waals surface area contributed by atoms with Crippen LogP contribution in [0.5, 0.6) is 0 Å². The average molecular weight is 243 g/mol. The minimum atomic E-state index is 0.207. The van der Waals surface area contributed by atoms with Crippen LogP contribution in [0.1, 0.15) is 0 Å². The lowest BCUT2D eigenvalue weighted by molar-refractivity contribution is 0.111. The molecular weight excluding hydrogens is 226 g/mol. The predicted molar refractivity (Wildman–Crippen MR) is 72.8 cm³/mol. The fourth-order valence-electron chi connectivity index (χ4n) is 2.38. The molecule has 1 aliphatic heterocycles. The summed E-state index contributed by atoms with van der Waals surface area (Å²) < 4.78 is 5.43. The van der Waals surface area contributed by atoms with Crippen LogP contribution in [0, 0.1) is 0 Å². The zero-order chi connectivity index (χ0) is 12.4. The van der Waals surface area contributed by atoms with E-state index in [1.807, 2.05) is 24.3 Å². The zero-order valence-corrected chi connectivity index (χ0v) is 10.4. The molecule has 1 aromatic heterocycles. The van der Waals surface area contributed by atoms with Crippen LogP contribution in [0.3, 0.4) is 0 Å². The maximum Gasteiger partial charge on any atom is 0.127 e. The Morgan fingerprint density at radius 1 is 1.22 bits per heavy atom. The minimum absolute atomic E-state index is 0.207. The average Bonchev–Trinajstić information content (AvgIpc) is 2.86. The Balaban J connectivity index is 1.82. The SMILES string of the molecule is CO[C@H]1CNCC1Nc1ccc2ccccc2n1. The van der Waals surface area contributed by atoms with E-state index in [-0.39, 0.29) is 12.1 Å². The molecule has 1 aromatic carbocycles. The Labute approximate surface area is 106 Å². The second-order valence-corrected chi connectivity index (χ2v) is 4.57. The van der Waals surface area contributed by atoms with Crippen molar-refractivity contribution in [1.82, 2.24) is 10.3 Å². The minimum Gasteiger partial charge on any atom is -0.378 e. The molecule has 18 heavy (non-hydrogen) atoms. The van der Waals surface area contributed by atoms with E-state index in [9.17, 15) is 0 Å². The second-order valence-electron chi connectivity index (χ2n) is 4.57. The molecule has 1 aliphatic rings. The molecule has 0 aliphatic carbocycles. The molecule has 4 nitrogen and oxygen atoms in total. The van der Waals surface area contributed by atoms with Gasteiger partial charge in [-0.1, -0.05) is 18.2 Å². The summed E-state index contributed by atoms with van der Waals surface area (Å²) in [7, 11) is 1.75. The van der Waals surface area contributed by atoms with Crippen LogP contribution < -0.4 is 10.6 Å². The molecule has 2 N–H and O–H groups in total. The van der Waals surface area contributed by atoms with Gasteiger partial charge in [0.25, 0.3) is 0 Å². The van der Waals surface area contributed by atoms with Gasteiger partial charge < -0.3 is 15.4 Å². The van der Waals surface area contributed by atoms with E-state index < -0.39 is 0 Å². The summed E-state index contributed by atoms with van der Waals surface area (Å²) in [4.78, 5) is 4.61. The number of pyridine rings is 1. The fraction of sp³-hybridized carbons (Fsp3) is 0.357. The van der Waals surface area contributed by atoms with Crippen LogP contribution in [0.25, 0.3) is 10.9 Å². The van der Waals surface area contributed by atoms with E-state index >= 15 is 0 Å². The maximum absolute atomic E-state index is 5.43. The normalized spacial score (nSPS) is 23.4. The van der Waals surface area contributed by atoms with Crippen molar-refractivity contribution >= 4 is 16.7 Å². The Kier molecular flexibility index (Phi) is 3.13. The number of para-hydroxylation sites is 1. The summed E-state index contributed by atoms with van der Waals surface area (Å²) >= 11 is 0. The summed E-state index contributed by atoms with van der Waals surface area (Å²) in [6.07, 6.45) is 0.207. The van der Waals surface area contributed by atoms with Crippen molar-refractivity contribution in [2.45, 2.75) is 12.1 Å². The number of hydrogen-bond donors (Lipinski definition) is 2. The molecule has 2 aromatic rings. The topological polar surface area (TPSA) is 46.2 Å². The van der Waals surface area contributed by atoms with Crippen LogP contribution in [0.2, 0.25) is 0 Å². The van der Waals surface area contributed by atoms with Gasteiger partial charge in [-0.25, -0.2) is 4.98 Å². The number of hydrogen-bond acceptors (Lipinski definition) is 4. The number of benzene rings is 1. The fourth-order valence-corrected chi connectivity index (χ4v) is 2.38. The molecule has 0 amide bonds. The molecule has 3 rings (SSSR count). The van der Waals surface area contributed by atoms with Crippen LogP contribution in [0.15, 0.2) is 36.4 Å². The summed E-state index contributed by atoms with van der Waals surface area (Å²) in [6, 6.07) is 12.5. The van der Waals surface area contributed by atoms with Gasteiger partial charge in [-0.2, -0.15) is 0 Å². The van der Waals surface area contributed by atoms with Gasteiger partial charge >= 0.3 is 0 Å². The van der Waals surface area contributed by atoms with E-state index in [4.69, 9.17) is 4.74 Å². The van der Waals surface area contributed by atoms with Crippen LogP contribution in [-0.2, 0) is 4.74 Å². The van der Waals surface area contributed by atoms with Crippen molar-refractivity contribution in [2.24, 2.45) is 0 Å². The molecule has 1 fully saturated rings. The summed E-state index contributed by atoms with van der Waals surface area (Å²) in [5, 5.41) is 7.91. The van der Waals surface area contributed by atoms with Gasteiger partial charge in [0, 0.05) is 25.6 Å². The highest BCUT2D eigenvalue weighted by Crippen LogP contribution is 2.17. The first-order chi connectivity index (χ1) is 8.86. The largest absolute Gasteiger partial charge is 0.378 e. The van der Waals surface area contributed by atoms with Crippen molar-refractivity contribution in [2.75, 3.05) is 25.5 Å². The lowest BCUT2D eigenvalue weighted by Crippen LogP contribution is -2.33. The van der Waals surface area contributed by atoms with E-state index in [1.54, 1.807) is 7.11 Å². The van der Waals surface area contributed by atoms with E-state index in [2.05, 4.69) is 27.8 Å². The number of ether oxygens (including phenoxy) is 1. The van der Waals surface area contributed by atoms with Crippen molar-refractivity contribution in [3.63, 3.8) is 0 Å². The van der Waals surface area contributed by atoms with Gasteiger partial charge in [-0.15, -0.1) is 0 Å². The molecule has 2 atom stereocenters. The smallest absolute Gasteiger partial charge is 0.127 e. The summed E-state index contributed by atoms with van der Waals surface area (Å²) in [6.45, 7) is 1.80. The molecule has 2 heterocycles. The van der Waals surface area contributed by atoms with Gasteiger partial charge in [0.2, 0.25) is 0 Å². The molecule has 1 saturated heterocycles.